The Labute approximate surface area is 153 Å². The van der Waals surface area contributed by atoms with Crippen molar-refractivity contribution in [1.82, 2.24) is 9.88 Å². The van der Waals surface area contributed by atoms with Gasteiger partial charge in [0.25, 0.3) is 0 Å². The Bertz CT molecular complexity index is 1000. The number of para-hydroxylation sites is 1. The van der Waals surface area contributed by atoms with E-state index >= 15 is 0 Å². The Morgan fingerprint density at radius 3 is 2.50 bits per heavy atom. The summed E-state index contributed by atoms with van der Waals surface area (Å²) in [7, 11) is -3.21. The van der Waals surface area contributed by atoms with Crippen molar-refractivity contribution in [2.75, 3.05) is 12.8 Å². The maximum Gasteiger partial charge on any atom is 0.224 e. The van der Waals surface area contributed by atoms with E-state index in [1.165, 1.54) is 29.3 Å². The highest BCUT2D eigenvalue weighted by Crippen LogP contribution is 2.15. The van der Waals surface area contributed by atoms with Gasteiger partial charge in [0.15, 0.2) is 9.84 Å². The minimum absolute atomic E-state index is 0.0607. The summed E-state index contributed by atoms with van der Waals surface area (Å²) in [6.07, 6.45) is 4.33. The smallest absolute Gasteiger partial charge is 0.224 e. The van der Waals surface area contributed by atoms with E-state index in [0.717, 1.165) is 18.5 Å². The van der Waals surface area contributed by atoms with Crippen LogP contribution in [-0.4, -0.2) is 31.7 Å². The predicted molar refractivity (Wildman–Crippen MR) is 103 cm³/mol. The second-order valence-electron chi connectivity index (χ2n) is 6.36. The Morgan fingerprint density at radius 1 is 1.04 bits per heavy atom. The zero-order valence-corrected chi connectivity index (χ0v) is 15.5. The molecule has 0 unspecified atom stereocenters. The Kier molecular flexibility index (Phi) is 5.42. The fraction of sp³-hybridized carbons (Fsp3) is 0.250. The largest absolute Gasteiger partial charge is 0.356 e. The van der Waals surface area contributed by atoms with Crippen LogP contribution < -0.4 is 5.32 Å². The number of sulfone groups is 1. The topological polar surface area (TPSA) is 68.2 Å². The Hall–Kier alpha value is -2.60. The zero-order valence-electron chi connectivity index (χ0n) is 14.7. The van der Waals surface area contributed by atoms with Crippen molar-refractivity contribution < 1.29 is 13.2 Å². The summed E-state index contributed by atoms with van der Waals surface area (Å²) < 4.78 is 25.1. The van der Waals surface area contributed by atoms with Crippen LogP contribution in [0.1, 0.15) is 12.0 Å². The van der Waals surface area contributed by atoms with Gasteiger partial charge in [0.1, 0.15) is 0 Å². The van der Waals surface area contributed by atoms with Crippen molar-refractivity contribution in [3.63, 3.8) is 0 Å². The van der Waals surface area contributed by atoms with Gasteiger partial charge in [-0.1, -0.05) is 30.3 Å². The number of hydrogen-bond acceptors (Lipinski definition) is 3. The van der Waals surface area contributed by atoms with Gasteiger partial charge >= 0.3 is 0 Å². The third kappa shape index (κ3) is 4.52. The lowest BCUT2D eigenvalue weighted by Crippen LogP contribution is -2.26. The molecule has 0 atom stereocenters. The predicted octanol–water partition coefficient (Wildman–Crippen LogP) is 2.79. The lowest BCUT2D eigenvalue weighted by Gasteiger charge is -2.08. The van der Waals surface area contributed by atoms with Gasteiger partial charge in [-0.05, 0) is 41.6 Å². The first-order chi connectivity index (χ1) is 12.4. The van der Waals surface area contributed by atoms with Gasteiger partial charge in [-0.3, -0.25) is 4.79 Å². The van der Waals surface area contributed by atoms with Crippen molar-refractivity contribution in [2.24, 2.45) is 0 Å². The lowest BCUT2D eigenvalue weighted by molar-refractivity contribution is -0.120. The Morgan fingerprint density at radius 2 is 1.77 bits per heavy atom. The summed E-state index contributed by atoms with van der Waals surface area (Å²) in [5.41, 5.74) is 2.00. The number of hydrogen-bond donors (Lipinski definition) is 1. The molecule has 6 heteroatoms. The second-order valence-corrected chi connectivity index (χ2v) is 8.38. The molecule has 5 nitrogen and oxygen atoms in total. The molecule has 2 aromatic carbocycles. The Balaban J connectivity index is 1.46. The molecule has 3 rings (SSSR count). The van der Waals surface area contributed by atoms with Crippen LogP contribution in [0.2, 0.25) is 0 Å². The highest BCUT2D eigenvalue weighted by molar-refractivity contribution is 7.90. The summed E-state index contributed by atoms with van der Waals surface area (Å²) in [6.45, 7) is 1.45. The highest BCUT2D eigenvalue weighted by Gasteiger charge is 2.08. The van der Waals surface area contributed by atoms with Gasteiger partial charge in [-0.25, -0.2) is 8.42 Å². The van der Waals surface area contributed by atoms with Crippen LogP contribution in [0, 0.1) is 0 Å². The zero-order chi connectivity index (χ0) is 18.6. The fourth-order valence-corrected chi connectivity index (χ4v) is 3.55. The van der Waals surface area contributed by atoms with Crippen molar-refractivity contribution in [3.05, 3.63) is 66.4 Å². The molecule has 0 aliphatic rings. The van der Waals surface area contributed by atoms with Gasteiger partial charge in [-0.2, -0.15) is 0 Å². The number of aryl methyl sites for hydroxylation is 1. The molecule has 26 heavy (non-hydrogen) atoms. The SMILES string of the molecule is CS(=O)(=O)c1ccc(CC(=O)NCCCn2ccc3ccccc32)cc1. The van der Waals surface area contributed by atoms with Gasteiger partial charge < -0.3 is 9.88 Å². The monoisotopic (exact) mass is 370 g/mol. The number of nitrogens with one attached hydrogen (secondary N) is 1. The second kappa shape index (κ2) is 7.74. The van der Waals surface area contributed by atoms with Crippen LogP contribution in [0.5, 0.6) is 0 Å². The number of aromatic nitrogens is 1. The molecule has 0 aliphatic heterocycles. The van der Waals surface area contributed by atoms with Gasteiger partial charge in [0.2, 0.25) is 5.91 Å². The quantitative estimate of drug-likeness (QED) is 0.650. The molecule has 0 spiro atoms. The van der Waals surface area contributed by atoms with E-state index in [9.17, 15) is 13.2 Å². The molecule has 1 amide bonds. The minimum Gasteiger partial charge on any atom is -0.356 e. The molecular formula is C20H22N2O3S. The summed E-state index contributed by atoms with van der Waals surface area (Å²) in [5, 5.41) is 4.13. The molecule has 0 fully saturated rings. The minimum atomic E-state index is -3.21. The maximum atomic E-state index is 12.0. The first kappa shape index (κ1) is 18.2. The summed E-state index contributed by atoms with van der Waals surface area (Å²) in [6, 6.07) is 16.8. The van der Waals surface area contributed by atoms with E-state index in [-0.39, 0.29) is 17.2 Å². The van der Waals surface area contributed by atoms with Gasteiger partial charge in [-0.15, -0.1) is 0 Å². The molecule has 1 heterocycles. The van der Waals surface area contributed by atoms with Crippen molar-refractivity contribution in [1.29, 1.82) is 0 Å². The van der Waals surface area contributed by atoms with E-state index in [2.05, 4.69) is 34.3 Å². The normalized spacial score (nSPS) is 11.6. The molecule has 0 saturated carbocycles. The number of benzene rings is 2. The van der Waals surface area contributed by atoms with Crippen LogP contribution in [0.25, 0.3) is 10.9 Å². The molecule has 0 radical (unpaired) electrons. The molecule has 136 valence electrons. The molecule has 0 aliphatic carbocycles. The molecule has 0 saturated heterocycles. The standard InChI is InChI=1S/C20H22N2O3S/c1-26(24,25)18-9-7-16(8-10-18)15-20(23)21-12-4-13-22-14-11-17-5-2-3-6-19(17)22/h2-3,5-11,14H,4,12-13,15H2,1H3,(H,21,23). The third-order valence-corrected chi connectivity index (χ3v) is 5.42. The molecule has 0 bridgehead atoms. The van der Waals surface area contributed by atoms with E-state index < -0.39 is 9.84 Å². The van der Waals surface area contributed by atoms with Gasteiger partial charge in [0.05, 0.1) is 11.3 Å². The molecule has 3 aromatic rings. The number of amides is 1. The summed E-state index contributed by atoms with van der Waals surface area (Å²) in [5.74, 6) is -0.0607. The third-order valence-electron chi connectivity index (χ3n) is 4.29. The first-order valence-corrected chi connectivity index (χ1v) is 10.4. The van der Waals surface area contributed by atoms with Crippen molar-refractivity contribution in [2.45, 2.75) is 24.3 Å². The number of carbonyl (C=O) groups is 1. The van der Waals surface area contributed by atoms with E-state index in [1.54, 1.807) is 12.1 Å². The maximum absolute atomic E-state index is 12.0. The van der Waals surface area contributed by atoms with E-state index in [4.69, 9.17) is 0 Å². The van der Waals surface area contributed by atoms with Crippen molar-refractivity contribution >= 4 is 26.6 Å². The molecule has 1 aromatic heterocycles. The number of nitrogens with zero attached hydrogens (tertiary/aromatic N) is 1. The van der Waals surface area contributed by atoms with Crippen LogP contribution in [-0.2, 0) is 27.6 Å². The summed E-state index contributed by atoms with van der Waals surface area (Å²) >= 11 is 0. The molecular weight excluding hydrogens is 348 g/mol. The fourth-order valence-electron chi connectivity index (χ4n) is 2.92. The lowest BCUT2D eigenvalue weighted by atomic mass is 10.1. The highest BCUT2D eigenvalue weighted by atomic mass is 32.2. The average Bonchev–Trinajstić information content (AvgIpc) is 3.02. The van der Waals surface area contributed by atoms with Gasteiger partial charge in [0, 0.05) is 31.1 Å². The van der Waals surface area contributed by atoms with E-state index in [1.807, 2.05) is 12.1 Å². The molecule has 1 N–H and O–H groups in total. The van der Waals surface area contributed by atoms with Crippen LogP contribution in [0.15, 0.2) is 65.7 Å². The van der Waals surface area contributed by atoms with Crippen LogP contribution in [0.3, 0.4) is 0 Å². The van der Waals surface area contributed by atoms with Crippen LogP contribution in [0.4, 0.5) is 0 Å². The van der Waals surface area contributed by atoms with Crippen LogP contribution >= 0.6 is 0 Å². The number of rotatable bonds is 7. The first-order valence-electron chi connectivity index (χ1n) is 8.53. The number of fused-ring (bicyclic) bond motifs is 1. The van der Waals surface area contributed by atoms with E-state index in [0.29, 0.717) is 6.54 Å². The summed E-state index contributed by atoms with van der Waals surface area (Å²) in [4.78, 5) is 12.3. The average molecular weight is 370 g/mol. The number of carbonyl (C=O) groups excluding carboxylic acids is 1. The van der Waals surface area contributed by atoms with Crippen molar-refractivity contribution in [3.8, 4) is 0 Å².